The fraction of sp³-hybridized carbons (Fsp3) is 0.200. The van der Waals surface area contributed by atoms with Gasteiger partial charge in [0.2, 0.25) is 0 Å². The van der Waals surface area contributed by atoms with Gasteiger partial charge in [0.25, 0.3) is 0 Å². The fourth-order valence-corrected chi connectivity index (χ4v) is 1.03. The van der Waals surface area contributed by atoms with Gasteiger partial charge >= 0.3 is 0 Å². The van der Waals surface area contributed by atoms with Gasteiger partial charge in [0.05, 0.1) is 0 Å². The molecule has 2 atom stereocenters. The van der Waals surface area contributed by atoms with Crippen molar-refractivity contribution in [2.75, 3.05) is 0 Å². The highest BCUT2D eigenvalue weighted by Gasteiger charge is 2.40. The van der Waals surface area contributed by atoms with Gasteiger partial charge in [-0.3, -0.25) is 0 Å². The molecule has 4 N–H and O–H groups in total. The second-order valence-corrected chi connectivity index (χ2v) is 2.74. The van der Waals surface area contributed by atoms with Crippen LogP contribution >= 0.6 is 0 Å². The third-order valence-corrected chi connectivity index (χ3v) is 1.99. The number of hydrogen-bond acceptors (Lipinski definition) is 2. The zero-order valence-electron chi connectivity index (χ0n) is 6.62. The third kappa shape index (κ3) is 0.950. The summed E-state index contributed by atoms with van der Waals surface area (Å²) >= 11 is 0. The number of allylic oxidation sites excluding steroid dienone is 2. The summed E-state index contributed by atoms with van der Waals surface area (Å²) in [4.78, 5) is 0. The van der Waals surface area contributed by atoms with Gasteiger partial charge in [-0.2, -0.15) is 0 Å². The smallest absolute Gasteiger partial charge is 0.129 e. The Morgan fingerprint density at radius 2 is 1.25 bits per heavy atom. The number of rotatable bonds is 0. The highest BCUT2D eigenvalue weighted by Crippen LogP contribution is 2.22. The first kappa shape index (κ1) is 8.62. The lowest BCUT2D eigenvalue weighted by Gasteiger charge is -2.35. The lowest BCUT2D eigenvalue weighted by atomic mass is 9.76. The van der Waals surface area contributed by atoms with Crippen molar-refractivity contribution in [3.8, 4) is 24.7 Å². The van der Waals surface area contributed by atoms with Gasteiger partial charge in [-0.15, -0.1) is 12.8 Å². The summed E-state index contributed by atoms with van der Waals surface area (Å²) in [6.45, 7) is 0. The topological polar surface area (TPSA) is 52.0 Å². The Balaban J connectivity index is 3.22. The maximum atomic E-state index is 5.81. The first-order chi connectivity index (χ1) is 5.58. The molecule has 0 saturated heterocycles. The number of nitrogens with two attached hydrogens (primary N) is 2. The molecule has 0 radical (unpaired) electrons. The summed E-state index contributed by atoms with van der Waals surface area (Å²) < 4.78 is 0. The second kappa shape index (κ2) is 2.53. The molecule has 2 heteroatoms. The fourth-order valence-electron chi connectivity index (χ4n) is 1.03. The standard InChI is InChI=1S/C10H10N2/c1-3-9(11)7-5-6-8-10(9,12)4-2/h1-2,5-8H,11-12H2. The van der Waals surface area contributed by atoms with E-state index in [4.69, 9.17) is 24.3 Å². The van der Waals surface area contributed by atoms with Crippen LogP contribution in [0, 0.1) is 24.7 Å². The molecule has 0 amide bonds. The van der Waals surface area contributed by atoms with E-state index in [0.717, 1.165) is 0 Å². The molecule has 0 spiro atoms. The van der Waals surface area contributed by atoms with E-state index in [0.29, 0.717) is 0 Å². The minimum absolute atomic E-state index is 1.07. The maximum absolute atomic E-state index is 5.81. The van der Waals surface area contributed by atoms with Crippen molar-refractivity contribution >= 4 is 0 Å². The van der Waals surface area contributed by atoms with Gasteiger partial charge in [-0.05, 0) is 12.2 Å². The van der Waals surface area contributed by atoms with Crippen molar-refractivity contribution in [3.05, 3.63) is 24.3 Å². The summed E-state index contributed by atoms with van der Waals surface area (Å²) in [6, 6.07) is 0. The zero-order valence-corrected chi connectivity index (χ0v) is 6.62. The van der Waals surface area contributed by atoms with E-state index in [9.17, 15) is 0 Å². The molecule has 0 aliphatic heterocycles. The molecule has 0 aromatic carbocycles. The quantitative estimate of drug-likeness (QED) is 0.479. The Morgan fingerprint density at radius 3 is 1.50 bits per heavy atom. The first-order valence-corrected chi connectivity index (χ1v) is 3.48. The van der Waals surface area contributed by atoms with Crippen LogP contribution in [-0.2, 0) is 0 Å². The SMILES string of the molecule is C#CC1(N)C=CC=CC1(N)C#C. The zero-order chi connectivity index (χ0) is 9.24. The molecule has 0 fully saturated rings. The van der Waals surface area contributed by atoms with Gasteiger partial charge in [-0.25, -0.2) is 0 Å². The maximum Gasteiger partial charge on any atom is 0.129 e. The molecule has 0 aromatic rings. The molecule has 0 saturated carbocycles. The number of terminal acetylenes is 2. The van der Waals surface area contributed by atoms with Crippen LogP contribution in [-0.4, -0.2) is 11.1 Å². The summed E-state index contributed by atoms with van der Waals surface area (Å²) in [5.74, 6) is 4.79. The van der Waals surface area contributed by atoms with Gasteiger partial charge in [0.15, 0.2) is 0 Å². The molecule has 0 aromatic heterocycles. The van der Waals surface area contributed by atoms with Gasteiger partial charge in [0, 0.05) is 0 Å². The third-order valence-electron chi connectivity index (χ3n) is 1.99. The summed E-state index contributed by atoms with van der Waals surface area (Å²) in [5.41, 5.74) is 9.47. The van der Waals surface area contributed by atoms with Crippen LogP contribution in [0.25, 0.3) is 0 Å². The van der Waals surface area contributed by atoms with Crippen molar-refractivity contribution in [2.24, 2.45) is 11.5 Å². The minimum atomic E-state index is -1.07. The Hall–Kier alpha value is -1.48. The molecule has 1 rings (SSSR count). The monoisotopic (exact) mass is 158 g/mol. The van der Waals surface area contributed by atoms with Crippen LogP contribution in [0.5, 0.6) is 0 Å². The first-order valence-electron chi connectivity index (χ1n) is 3.48. The lowest BCUT2D eigenvalue weighted by molar-refractivity contribution is 0.500. The van der Waals surface area contributed by atoms with Crippen LogP contribution in [0.15, 0.2) is 24.3 Å². The van der Waals surface area contributed by atoms with Crippen LogP contribution in [0.1, 0.15) is 0 Å². The van der Waals surface area contributed by atoms with Crippen LogP contribution in [0.4, 0.5) is 0 Å². The van der Waals surface area contributed by atoms with E-state index in [2.05, 4.69) is 11.8 Å². The van der Waals surface area contributed by atoms with Crippen molar-refractivity contribution in [1.29, 1.82) is 0 Å². The molecule has 12 heavy (non-hydrogen) atoms. The summed E-state index contributed by atoms with van der Waals surface area (Å²) in [5, 5.41) is 0. The van der Waals surface area contributed by atoms with Gasteiger partial charge < -0.3 is 11.5 Å². The summed E-state index contributed by atoms with van der Waals surface area (Å²) in [7, 11) is 0. The Kier molecular flexibility index (Phi) is 1.82. The average Bonchev–Trinajstić information content (AvgIpc) is 2.10. The molecule has 1 aliphatic rings. The van der Waals surface area contributed by atoms with Crippen LogP contribution < -0.4 is 11.5 Å². The van der Waals surface area contributed by atoms with E-state index < -0.39 is 11.1 Å². The van der Waals surface area contributed by atoms with E-state index in [1.54, 1.807) is 24.3 Å². The van der Waals surface area contributed by atoms with Crippen molar-refractivity contribution < 1.29 is 0 Å². The molecule has 1 aliphatic carbocycles. The average molecular weight is 158 g/mol. The normalized spacial score (nSPS) is 38.7. The highest BCUT2D eigenvalue weighted by molar-refractivity contribution is 5.48. The molecule has 2 nitrogen and oxygen atoms in total. The van der Waals surface area contributed by atoms with E-state index >= 15 is 0 Å². The highest BCUT2D eigenvalue weighted by atomic mass is 14.9. The van der Waals surface area contributed by atoms with E-state index in [1.165, 1.54) is 0 Å². The second-order valence-electron chi connectivity index (χ2n) is 2.74. The molecule has 2 unspecified atom stereocenters. The Labute approximate surface area is 72.3 Å². The minimum Gasteiger partial charge on any atom is -0.309 e. The van der Waals surface area contributed by atoms with E-state index in [-0.39, 0.29) is 0 Å². The van der Waals surface area contributed by atoms with Crippen molar-refractivity contribution in [2.45, 2.75) is 11.1 Å². The Bertz CT molecular complexity index is 293. The molecule has 0 heterocycles. The van der Waals surface area contributed by atoms with Gasteiger partial charge in [-0.1, -0.05) is 24.0 Å². The van der Waals surface area contributed by atoms with Gasteiger partial charge in [0.1, 0.15) is 11.1 Å². The van der Waals surface area contributed by atoms with E-state index in [1.807, 2.05) is 0 Å². The molecular formula is C10H10N2. The largest absolute Gasteiger partial charge is 0.309 e. The Morgan fingerprint density at radius 1 is 0.917 bits per heavy atom. The predicted molar refractivity (Wildman–Crippen MR) is 49.8 cm³/mol. The van der Waals surface area contributed by atoms with Crippen molar-refractivity contribution in [1.82, 2.24) is 0 Å². The predicted octanol–water partition coefficient (Wildman–Crippen LogP) is -0.226. The molecule has 0 bridgehead atoms. The number of hydrogen-bond donors (Lipinski definition) is 2. The molecular weight excluding hydrogens is 148 g/mol. The van der Waals surface area contributed by atoms with Crippen LogP contribution in [0.3, 0.4) is 0 Å². The molecule has 60 valence electrons. The van der Waals surface area contributed by atoms with Crippen LogP contribution in [0.2, 0.25) is 0 Å². The lowest BCUT2D eigenvalue weighted by Crippen LogP contribution is -2.63. The van der Waals surface area contributed by atoms with Crippen molar-refractivity contribution in [3.63, 3.8) is 0 Å². The summed E-state index contributed by atoms with van der Waals surface area (Å²) in [6.07, 6.45) is 17.2.